The SMILES string of the molecule is CCOc1ccc(S(=O)(=O)Nc2ccc(C(=O)NNC(=O)c3cc(C)ccc3C)cc2)cc1. The third kappa shape index (κ3) is 6.11. The topological polar surface area (TPSA) is 114 Å². The van der Waals surface area contributed by atoms with E-state index in [1.807, 2.05) is 32.9 Å². The maximum Gasteiger partial charge on any atom is 0.269 e. The van der Waals surface area contributed by atoms with Crippen LogP contribution in [-0.2, 0) is 10.0 Å². The molecule has 0 unspecified atom stereocenters. The summed E-state index contributed by atoms with van der Waals surface area (Å²) >= 11 is 0. The van der Waals surface area contributed by atoms with E-state index in [-0.39, 0.29) is 10.5 Å². The van der Waals surface area contributed by atoms with E-state index in [2.05, 4.69) is 15.6 Å². The van der Waals surface area contributed by atoms with Gasteiger partial charge in [-0.2, -0.15) is 0 Å². The molecule has 8 nitrogen and oxygen atoms in total. The van der Waals surface area contributed by atoms with Gasteiger partial charge >= 0.3 is 0 Å². The molecule has 0 bridgehead atoms. The Labute approximate surface area is 193 Å². The Hall–Kier alpha value is -3.85. The molecule has 0 aliphatic rings. The minimum absolute atomic E-state index is 0.0851. The van der Waals surface area contributed by atoms with Gasteiger partial charge in [0.2, 0.25) is 0 Å². The number of anilines is 1. The second kappa shape index (κ2) is 10.2. The first kappa shape index (κ1) is 23.8. The van der Waals surface area contributed by atoms with E-state index in [1.165, 1.54) is 36.4 Å². The molecule has 0 heterocycles. The lowest BCUT2D eigenvalue weighted by Gasteiger charge is -2.11. The van der Waals surface area contributed by atoms with Crippen molar-refractivity contribution in [3.05, 3.63) is 89.0 Å². The number of hydrazine groups is 1. The van der Waals surface area contributed by atoms with Crippen molar-refractivity contribution in [3.8, 4) is 5.75 Å². The zero-order chi connectivity index (χ0) is 24.0. The molecule has 3 aromatic carbocycles. The van der Waals surface area contributed by atoms with Gasteiger partial charge in [-0.1, -0.05) is 17.7 Å². The number of ether oxygens (including phenoxy) is 1. The minimum atomic E-state index is -3.80. The van der Waals surface area contributed by atoms with Crippen molar-refractivity contribution in [2.45, 2.75) is 25.7 Å². The summed E-state index contributed by atoms with van der Waals surface area (Å²) in [5.74, 6) is -0.379. The lowest BCUT2D eigenvalue weighted by atomic mass is 10.1. The Morgan fingerprint density at radius 1 is 0.848 bits per heavy atom. The van der Waals surface area contributed by atoms with E-state index >= 15 is 0 Å². The second-order valence-corrected chi connectivity index (χ2v) is 9.00. The average Bonchev–Trinajstić information content (AvgIpc) is 2.79. The fourth-order valence-electron chi connectivity index (χ4n) is 3.02. The van der Waals surface area contributed by atoms with Crippen LogP contribution in [0.1, 0.15) is 38.8 Å². The molecule has 0 aromatic heterocycles. The Kier molecular flexibility index (Phi) is 7.34. The highest BCUT2D eigenvalue weighted by molar-refractivity contribution is 7.92. The molecule has 0 spiro atoms. The Morgan fingerprint density at radius 2 is 1.48 bits per heavy atom. The van der Waals surface area contributed by atoms with Crippen LogP contribution in [0.15, 0.2) is 71.6 Å². The molecule has 0 atom stereocenters. The lowest BCUT2D eigenvalue weighted by molar-refractivity contribution is 0.0846. The van der Waals surface area contributed by atoms with Crippen LogP contribution >= 0.6 is 0 Å². The van der Waals surface area contributed by atoms with Crippen molar-refractivity contribution in [2.75, 3.05) is 11.3 Å². The number of nitrogens with one attached hydrogen (secondary N) is 3. The van der Waals surface area contributed by atoms with Crippen molar-refractivity contribution in [2.24, 2.45) is 0 Å². The van der Waals surface area contributed by atoms with Gasteiger partial charge in [0, 0.05) is 16.8 Å². The third-order valence-corrected chi connectivity index (χ3v) is 6.17. The monoisotopic (exact) mass is 467 g/mol. The summed E-state index contributed by atoms with van der Waals surface area (Å²) in [5, 5.41) is 0. The summed E-state index contributed by atoms with van der Waals surface area (Å²) in [6.45, 7) is 6.01. The van der Waals surface area contributed by atoms with Gasteiger partial charge in [-0.15, -0.1) is 0 Å². The van der Waals surface area contributed by atoms with Crippen LogP contribution in [0.2, 0.25) is 0 Å². The number of rotatable bonds is 7. The molecule has 3 N–H and O–H groups in total. The zero-order valence-corrected chi connectivity index (χ0v) is 19.3. The van der Waals surface area contributed by atoms with Crippen molar-refractivity contribution in [1.29, 1.82) is 0 Å². The highest BCUT2D eigenvalue weighted by Crippen LogP contribution is 2.20. The maximum absolute atomic E-state index is 12.6. The number of hydrogen-bond donors (Lipinski definition) is 3. The Morgan fingerprint density at radius 3 is 2.12 bits per heavy atom. The average molecular weight is 468 g/mol. The first-order valence-corrected chi connectivity index (χ1v) is 11.7. The van der Waals surface area contributed by atoms with Crippen LogP contribution in [0.25, 0.3) is 0 Å². The van der Waals surface area contributed by atoms with E-state index in [0.29, 0.717) is 23.6 Å². The zero-order valence-electron chi connectivity index (χ0n) is 18.5. The van der Waals surface area contributed by atoms with Gasteiger partial charge in [0.1, 0.15) is 5.75 Å². The summed E-state index contributed by atoms with van der Waals surface area (Å²) in [7, 11) is -3.80. The van der Waals surface area contributed by atoms with Gasteiger partial charge in [0.25, 0.3) is 21.8 Å². The van der Waals surface area contributed by atoms with Gasteiger partial charge in [0.05, 0.1) is 11.5 Å². The van der Waals surface area contributed by atoms with Crippen LogP contribution in [0.3, 0.4) is 0 Å². The minimum Gasteiger partial charge on any atom is -0.494 e. The normalized spacial score (nSPS) is 10.9. The van der Waals surface area contributed by atoms with Crippen LogP contribution < -0.4 is 20.3 Å². The summed E-state index contributed by atoms with van der Waals surface area (Å²) in [5.41, 5.74) is 7.49. The van der Waals surface area contributed by atoms with E-state index < -0.39 is 21.8 Å². The number of benzene rings is 3. The van der Waals surface area contributed by atoms with Gasteiger partial charge in [0.15, 0.2) is 0 Å². The highest BCUT2D eigenvalue weighted by Gasteiger charge is 2.15. The van der Waals surface area contributed by atoms with Crippen molar-refractivity contribution in [3.63, 3.8) is 0 Å². The molecule has 0 fully saturated rings. The van der Waals surface area contributed by atoms with Crippen LogP contribution in [0, 0.1) is 13.8 Å². The van der Waals surface area contributed by atoms with Crippen LogP contribution in [0.5, 0.6) is 5.75 Å². The Bertz CT molecular complexity index is 1250. The smallest absolute Gasteiger partial charge is 0.269 e. The molecular weight excluding hydrogens is 442 g/mol. The number of carbonyl (C=O) groups is 2. The van der Waals surface area contributed by atoms with E-state index in [0.717, 1.165) is 11.1 Å². The van der Waals surface area contributed by atoms with Gasteiger partial charge in [-0.05, 0) is 80.9 Å². The molecule has 172 valence electrons. The first-order chi connectivity index (χ1) is 15.7. The molecule has 0 aliphatic carbocycles. The fourth-order valence-corrected chi connectivity index (χ4v) is 4.08. The number of hydrogen-bond acceptors (Lipinski definition) is 5. The number of amides is 2. The number of carbonyl (C=O) groups excluding carboxylic acids is 2. The predicted octanol–water partition coefficient (Wildman–Crippen LogP) is 3.58. The second-order valence-electron chi connectivity index (χ2n) is 7.31. The van der Waals surface area contributed by atoms with E-state index in [1.54, 1.807) is 18.2 Å². The molecule has 33 heavy (non-hydrogen) atoms. The quantitative estimate of drug-likeness (QED) is 0.460. The summed E-state index contributed by atoms with van der Waals surface area (Å²) < 4.78 is 32.9. The van der Waals surface area contributed by atoms with Crippen molar-refractivity contribution >= 4 is 27.5 Å². The Balaban J connectivity index is 1.61. The van der Waals surface area contributed by atoms with Crippen molar-refractivity contribution < 1.29 is 22.7 Å². The van der Waals surface area contributed by atoms with E-state index in [9.17, 15) is 18.0 Å². The predicted molar refractivity (Wildman–Crippen MR) is 126 cm³/mol. The largest absolute Gasteiger partial charge is 0.494 e. The van der Waals surface area contributed by atoms with Gasteiger partial charge in [-0.3, -0.25) is 25.2 Å². The number of sulfonamides is 1. The highest BCUT2D eigenvalue weighted by atomic mass is 32.2. The van der Waals surface area contributed by atoms with Gasteiger partial charge in [-0.25, -0.2) is 8.42 Å². The fraction of sp³-hybridized carbons (Fsp3) is 0.167. The molecule has 3 rings (SSSR count). The molecule has 0 saturated heterocycles. The molecule has 0 saturated carbocycles. The van der Waals surface area contributed by atoms with E-state index in [4.69, 9.17) is 4.74 Å². The molecular formula is C24H25N3O5S. The van der Waals surface area contributed by atoms with Crippen molar-refractivity contribution in [1.82, 2.24) is 10.9 Å². The molecule has 9 heteroatoms. The summed E-state index contributed by atoms with van der Waals surface area (Å²) in [6.07, 6.45) is 0. The summed E-state index contributed by atoms with van der Waals surface area (Å²) in [4.78, 5) is 24.8. The molecule has 0 radical (unpaired) electrons. The van der Waals surface area contributed by atoms with Crippen LogP contribution in [-0.4, -0.2) is 26.8 Å². The molecule has 0 aliphatic heterocycles. The maximum atomic E-state index is 12.6. The summed E-state index contributed by atoms with van der Waals surface area (Å²) in [6, 6.07) is 17.4. The lowest BCUT2D eigenvalue weighted by Crippen LogP contribution is -2.41. The number of aryl methyl sites for hydroxylation is 2. The van der Waals surface area contributed by atoms with Crippen LogP contribution in [0.4, 0.5) is 5.69 Å². The molecule has 2 amide bonds. The standard InChI is InChI=1S/C24H25N3O5S/c1-4-32-20-11-13-21(14-12-20)33(30,31)27-19-9-7-18(8-10-19)23(28)25-26-24(29)22-15-16(2)5-6-17(22)3/h5-15,27H,4H2,1-3H3,(H,25,28)(H,26,29). The van der Waals surface area contributed by atoms with Gasteiger partial charge < -0.3 is 4.74 Å². The first-order valence-electron chi connectivity index (χ1n) is 10.2. The third-order valence-electron chi connectivity index (χ3n) is 4.77. The molecule has 3 aromatic rings.